The van der Waals surface area contributed by atoms with Crippen LogP contribution < -0.4 is 4.90 Å². The normalized spacial score (nSPS) is 23.2. The Bertz CT molecular complexity index is 1480. The number of hydrogen-bond donors (Lipinski definition) is 1. The zero-order valence-corrected chi connectivity index (χ0v) is 23.4. The first-order valence-corrected chi connectivity index (χ1v) is 14.9. The topological polar surface area (TPSA) is 125 Å². The fourth-order valence-corrected chi connectivity index (χ4v) is 7.52. The van der Waals surface area contributed by atoms with Gasteiger partial charge in [0.05, 0.1) is 10.5 Å². The van der Waals surface area contributed by atoms with Gasteiger partial charge in [-0.25, -0.2) is 8.42 Å². The van der Waals surface area contributed by atoms with Crippen molar-refractivity contribution in [2.75, 3.05) is 45.3 Å². The monoisotopic (exact) mass is 567 g/mol. The van der Waals surface area contributed by atoms with Gasteiger partial charge in [0.25, 0.3) is 17.6 Å². The van der Waals surface area contributed by atoms with Crippen LogP contribution >= 0.6 is 0 Å². The van der Waals surface area contributed by atoms with E-state index in [1.807, 2.05) is 0 Å². The average molecular weight is 568 g/mol. The second-order valence-corrected chi connectivity index (χ2v) is 12.2. The third kappa shape index (κ3) is 4.23. The number of carbonyl (C=O) groups is 3. The maximum atomic E-state index is 14.0. The number of amides is 2. The van der Waals surface area contributed by atoms with Crippen LogP contribution in [0.4, 0.5) is 5.69 Å². The van der Waals surface area contributed by atoms with Gasteiger partial charge in [-0.15, -0.1) is 0 Å². The van der Waals surface area contributed by atoms with E-state index in [0.717, 1.165) is 25.7 Å². The van der Waals surface area contributed by atoms with E-state index in [-0.39, 0.29) is 22.6 Å². The molecule has 2 saturated heterocycles. The van der Waals surface area contributed by atoms with Crippen LogP contribution in [0.5, 0.6) is 0 Å². The van der Waals surface area contributed by atoms with Crippen LogP contribution in [0.15, 0.2) is 59.0 Å². The minimum atomic E-state index is -3.73. The Balaban J connectivity index is 1.62. The summed E-state index contributed by atoms with van der Waals surface area (Å²) in [5, 5.41) is 11.6. The molecule has 3 heterocycles. The van der Waals surface area contributed by atoms with Gasteiger partial charge in [-0.2, -0.15) is 4.31 Å². The first kappa shape index (κ1) is 28.0. The van der Waals surface area contributed by atoms with E-state index >= 15 is 0 Å². The third-order valence-corrected chi connectivity index (χ3v) is 9.91. The number of aliphatic hydroxyl groups excluding tert-OH is 1. The van der Waals surface area contributed by atoms with Crippen LogP contribution in [0.2, 0.25) is 0 Å². The SMILES string of the molecule is COCCCN1C(=O)C(=O)/C(=C(\O)c2ccc(S(=O)(=O)N3CCCCCC3)cc2)C12C(=O)N(C)c1ccccc12. The van der Waals surface area contributed by atoms with Crippen molar-refractivity contribution >= 4 is 39.1 Å². The highest BCUT2D eigenvalue weighted by atomic mass is 32.2. The Hall–Kier alpha value is -3.54. The first-order valence-electron chi connectivity index (χ1n) is 13.4. The summed E-state index contributed by atoms with van der Waals surface area (Å²) in [6.45, 7) is 1.26. The molecule has 11 heteroatoms. The van der Waals surface area contributed by atoms with Crippen molar-refractivity contribution in [1.82, 2.24) is 9.21 Å². The fraction of sp³-hybridized carbons (Fsp3) is 0.414. The number of aliphatic hydroxyl groups is 1. The van der Waals surface area contributed by atoms with Gasteiger partial charge < -0.3 is 19.6 Å². The molecular weight excluding hydrogens is 534 g/mol. The molecule has 1 N–H and O–H groups in total. The smallest absolute Gasteiger partial charge is 0.296 e. The lowest BCUT2D eigenvalue weighted by atomic mass is 9.82. The lowest BCUT2D eigenvalue weighted by Gasteiger charge is -2.34. The van der Waals surface area contributed by atoms with Gasteiger partial charge in [0, 0.05) is 57.2 Å². The number of methoxy groups -OCH3 is 1. The number of para-hydroxylation sites is 1. The van der Waals surface area contributed by atoms with E-state index in [2.05, 4.69) is 0 Å². The van der Waals surface area contributed by atoms with E-state index in [1.165, 1.54) is 45.5 Å². The predicted molar refractivity (Wildman–Crippen MR) is 148 cm³/mol. The summed E-state index contributed by atoms with van der Waals surface area (Å²) in [4.78, 5) is 43.6. The second kappa shape index (κ2) is 10.8. The highest BCUT2D eigenvalue weighted by Crippen LogP contribution is 2.53. The number of likely N-dealkylation sites (tertiary alicyclic amines) is 1. The molecule has 2 aromatic carbocycles. The van der Waals surface area contributed by atoms with Gasteiger partial charge in [0.15, 0.2) is 5.54 Å². The summed E-state index contributed by atoms with van der Waals surface area (Å²) in [6.07, 6.45) is 3.94. The van der Waals surface area contributed by atoms with Crippen molar-refractivity contribution in [3.05, 3.63) is 65.2 Å². The zero-order chi connectivity index (χ0) is 28.7. The van der Waals surface area contributed by atoms with Crippen molar-refractivity contribution in [2.45, 2.75) is 42.5 Å². The Kier molecular flexibility index (Phi) is 7.56. The number of rotatable bonds is 7. The highest BCUT2D eigenvalue weighted by molar-refractivity contribution is 7.89. The maximum Gasteiger partial charge on any atom is 0.296 e. The van der Waals surface area contributed by atoms with Crippen LogP contribution in [-0.2, 0) is 34.7 Å². The minimum Gasteiger partial charge on any atom is -0.507 e. The molecule has 3 aliphatic rings. The Morgan fingerprint density at radius 2 is 1.62 bits per heavy atom. The zero-order valence-electron chi connectivity index (χ0n) is 22.6. The van der Waals surface area contributed by atoms with Crippen molar-refractivity contribution in [1.29, 1.82) is 0 Å². The number of carbonyl (C=O) groups excluding carboxylic acids is 3. The van der Waals surface area contributed by atoms with Crippen LogP contribution in [0.3, 0.4) is 0 Å². The maximum absolute atomic E-state index is 14.0. The van der Waals surface area contributed by atoms with Gasteiger partial charge in [-0.1, -0.05) is 31.0 Å². The van der Waals surface area contributed by atoms with Crippen molar-refractivity contribution < 1.29 is 32.6 Å². The van der Waals surface area contributed by atoms with Crippen LogP contribution in [0.25, 0.3) is 5.76 Å². The number of hydrogen-bond acceptors (Lipinski definition) is 7. The van der Waals surface area contributed by atoms with E-state index in [9.17, 15) is 27.9 Å². The quantitative estimate of drug-likeness (QED) is 0.236. The number of fused-ring (bicyclic) bond motifs is 2. The molecule has 10 nitrogen and oxygen atoms in total. The van der Waals surface area contributed by atoms with Crippen molar-refractivity contribution in [3.8, 4) is 0 Å². The molecule has 1 spiro atoms. The molecule has 2 aromatic rings. The number of ketones is 1. The summed E-state index contributed by atoms with van der Waals surface area (Å²) in [7, 11) is -0.651. The highest BCUT2D eigenvalue weighted by Gasteiger charge is 2.66. The van der Waals surface area contributed by atoms with Crippen LogP contribution in [-0.4, -0.2) is 80.7 Å². The predicted octanol–water partition coefficient (Wildman–Crippen LogP) is 2.84. The molecule has 1 atom stereocenters. The van der Waals surface area contributed by atoms with E-state index < -0.39 is 38.9 Å². The molecule has 212 valence electrons. The minimum absolute atomic E-state index is 0.0517. The number of Topliss-reactive ketones (excluding diaryl/α,β-unsaturated/α-hetero) is 1. The Morgan fingerprint density at radius 3 is 2.27 bits per heavy atom. The Morgan fingerprint density at radius 1 is 0.975 bits per heavy atom. The van der Waals surface area contributed by atoms with E-state index in [4.69, 9.17) is 4.74 Å². The molecule has 1 unspecified atom stereocenters. The summed E-state index contributed by atoms with van der Waals surface area (Å²) in [5.74, 6) is -2.94. The molecule has 40 heavy (non-hydrogen) atoms. The summed E-state index contributed by atoms with van der Waals surface area (Å²) in [6, 6.07) is 12.4. The largest absolute Gasteiger partial charge is 0.507 e. The molecule has 0 saturated carbocycles. The molecule has 0 radical (unpaired) electrons. The molecular formula is C29H33N3O7S. The number of nitrogens with zero attached hydrogens (tertiary/aromatic N) is 3. The van der Waals surface area contributed by atoms with Crippen molar-refractivity contribution in [2.24, 2.45) is 0 Å². The summed E-state index contributed by atoms with van der Waals surface area (Å²) >= 11 is 0. The lowest BCUT2D eigenvalue weighted by molar-refractivity contribution is -0.143. The number of benzene rings is 2. The Labute approximate surface area is 233 Å². The third-order valence-electron chi connectivity index (χ3n) is 8.00. The van der Waals surface area contributed by atoms with Gasteiger partial charge in [-0.05, 0) is 49.6 Å². The van der Waals surface area contributed by atoms with Gasteiger partial charge in [0.2, 0.25) is 10.0 Å². The van der Waals surface area contributed by atoms with Crippen molar-refractivity contribution in [3.63, 3.8) is 0 Å². The first-order chi connectivity index (χ1) is 19.2. The summed E-state index contributed by atoms with van der Waals surface area (Å²) in [5.41, 5.74) is -1.12. The molecule has 2 amide bonds. The molecule has 2 fully saturated rings. The van der Waals surface area contributed by atoms with E-state index in [0.29, 0.717) is 37.4 Å². The number of likely N-dealkylation sites (N-methyl/N-ethyl adjacent to an activating group) is 1. The lowest BCUT2D eigenvalue weighted by Crippen LogP contribution is -2.51. The number of sulfonamides is 1. The van der Waals surface area contributed by atoms with Gasteiger partial charge in [0.1, 0.15) is 5.76 Å². The molecule has 0 aliphatic carbocycles. The summed E-state index contributed by atoms with van der Waals surface area (Å²) < 4.78 is 33.1. The average Bonchev–Trinajstić information content (AvgIpc) is 3.17. The molecule has 3 aliphatic heterocycles. The number of ether oxygens (including phenoxy) is 1. The van der Waals surface area contributed by atoms with E-state index in [1.54, 1.807) is 31.3 Å². The molecule has 0 bridgehead atoms. The van der Waals surface area contributed by atoms with Gasteiger partial charge >= 0.3 is 0 Å². The molecule has 5 rings (SSSR count). The molecule has 0 aromatic heterocycles. The van der Waals surface area contributed by atoms with Crippen LogP contribution in [0, 0.1) is 0 Å². The van der Waals surface area contributed by atoms with Crippen LogP contribution in [0.1, 0.15) is 43.2 Å². The second-order valence-electron chi connectivity index (χ2n) is 10.3. The van der Waals surface area contributed by atoms with Gasteiger partial charge in [-0.3, -0.25) is 14.4 Å². The number of anilines is 1. The standard InChI is InChI=1S/C29H33N3O7S/c1-30-23-11-6-5-10-22(23)29(28(30)36)24(26(34)27(35)32(29)18-9-19-39-2)25(33)20-12-14-21(15-13-20)40(37,38)31-16-7-3-4-8-17-31/h5-6,10-15,33H,3-4,7-9,16-19H2,1-2H3/b25-24+. The fourth-order valence-electron chi connectivity index (χ4n) is 6.00.